The molecule has 0 saturated carbocycles. The Hall–Kier alpha value is -2.13. The van der Waals surface area contributed by atoms with Crippen LogP contribution in [-0.4, -0.2) is 30.8 Å². The highest BCUT2D eigenvalue weighted by Crippen LogP contribution is 2.28. The minimum atomic E-state index is -4.00. The van der Waals surface area contributed by atoms with Crippen molar-refractivity contribution >= 4 is 15.7 Å². The van der Waals surface area contributed by atoms with E-state index in [-0.39, 0.29) is 27.7 Å². The largest absolute Gasteiger partial charge is 0.494 e. The Morgan fingerprint density at radius 2 is 2.19 bits per heavy atom. The van der Waals surface area contributed by atoms with Gasteiger partial charge in [-0.1, -0.05) is 0 Å². The van der Waals surface area contributed by atoms with E-state index in [1.807, 2.05) is 0 Å². The molecule has 3 N–H and O–H groups in total. The quantitative estimate of drug-likeness (QED) is 0.768. The van der Waals surface area contributed by atoms with Crippen molar-refractivity contribution in [3.8, 4) is 5.75 Å². The Kier molecular flexibility index (Phi) is 4.14. The lowest BCUT2D eigenvalue weighted by atomic mass is 10.3. The maximum absolute atomic E-state index is 13.1. The number of benzene rings is 1. The molecule has 114 valence electrons. The van der Waals surface area contributed by atoms with Crippen LogP contribution in [0.1, 0.15) is 11.4 Å². The van der Waals surface area contributed by atoms with Gasteiger partial charge in [-0.3, -0.25) is 9.82 Å². The van der Waals surface area contributed by atoms with Crippen LogP contribution >= 0.6 is 0 Å². The molecule has 0 aliphatic rings. The van der Waals surface area contributed by atoms with Gasteiger partial charge in [-0.05, 0) is 19.1 Å². The molecule has 0 radical (unpaired) electrons. The number of nitrogens with one attached hydrogen (secondary N) is 2. The summed E-state index contributed by atoms with van der Waals surface area (Å²) in [7, 11) is -2.69. The van der Waals surface area contributed by atoms with Gasteiger partial charge < -0.3 is 9.84 Å². The summed E-state index contributed by atoms with van der Waals surface area (Å²) in [4.78, 5) is -0.142. The zero-order valence-corrected chi connectivity index (χ0v) is 12.2. The summed E-state index contributed by atoms with van der Waals surface area (Å²) in [6.45, 7) is 0.990. The van der Waals surface area contributed by atoms with Crippen LogP contribution in [0.3, 0.4) is 0 Å². The molecule has 0 unspecified atom stereocenters. The molecule has 0 atom stereocenters. The van der Waals surface area contributed by atoms with E-state index in [0.29, 0.717) is 0 Å². The second-order valence-electron chi connectivity index (χ2n) is 4.23. The van der Waals surface area contributed by atoms with Gasteiger partial charge in [-0.2, -0.15) is 5.10 Å². The SMILES string of the molecule is COc1cc(F)ccc1NS(=O)(=O)c1c(CO)n[nH]c1C. The predicted octanol–water partition coefficient (Wildman–Crippen LogP) is 1.16. The normalized spacial score (nSPS) is 11.4. The first-order valence-electron chi connectivity index (χ1n) is 5.90. The third-order valence-corrected chi connectivity index (χ3v) is 4.36. The van der Waals surface area contributed by atoms with Gasteiger partial charge in [-0.25, -0.2) is 12.8 Å². The summed E-state index contributed by atoms with van der Waals surface area (Å²) in [6.07, 6.45) is 0. The fourth-order valence-corrected chi connectivity index (χ4v) is 3.31. The lowest BCUT2D eigenvalue weighted by Gasteiger charge is -2.12. The number of aryl methyl sites for hydroxylation is 1. The number of aromatic amines is 1. The van der Waals surface area contributed by atoms with Crippen molar-refractivity contribution in [1.82, 2.24) is 10.2 Å². The molecule has 1 aromatic heterocycles. The topological polar surface area (TPSA) is 104 Å². The van der Waals surface area contributed by atoms with E-state index < -0.39 is 22.4 Å². The van der Waals surface area contributed by atoms with E-state index >= 15 is 0 Å². The first-order chi connectivity index (χ1) is 9.89. The highest BCUT2D eigenvalue weighted by molar-refractivity contribution is 7.92. The highest BCUT2D eigenvalue weighted by atomic mass is 32.2. The van der Waals surface area contributed by atoms with E-state index in [2.05, 4.69) is 14.9 Å². The summed E-state index contributed by atoms with van der Waals surface area (Å²) in [5.74, 6) is -0.504. The molecule has 1 aromatic carbocycles. The lowest BCUT2D eigenvalue weighted by molar-refractivity contribution is 0.273. The molecule has 0 fully saturated rings. The molecule has 9 heteroatoms. The average Bonchev–Trinajstić information content (AvgIpc) is 2.82. The molecule has 2 rings (SSSR count). The van der Waals surface area contributed by atoms with Crippen molar-refractivity contribution in [2.45, 2.75) is 18.4 Å². The Morgan fingerprint density at radius 3 is 2.81 bits per heavy atom. The zero-order valence-electron chi connectivity index (χ0n) is 11.3. The highest BCUT2D eigenvalue weighted by Gasteiger charge is 2.25. The first kappa shape index (κ1) is 15.3. The number of sulfonamides is 1. The van der Waals surface area contributed by atoms with Crippen LogP contribution in [-0.2, 0) is 16.6 Å². The summed E-state index contributed by atoms with van der Waals surface area (Å²) >= 11 is 0. The minimum Gasteiger partial charge on any atom is -0.494 e. The number of nitrogens with zero attached hydrogens (tertiary/aromatic N) is 1. The fraction of sp³-hybridized carbons (Fsp3) is 0.250. The number of methoxy groups -OCH3 is 1. The molecule has 0 saturated heterocycles. The summed E-state index contributed by atoms with van der Waals surface area (Å²) in [5, 5.41) is 15.4. The standard InChI is InChI=1S/C12H14FN3O4S/c1-7-12(10(6-17)15-14-7)21(18,19)16-9-4-3-8(13)5-11(9)20-2/h3-5,16-17H,6H2,1-2H3,(H,14,15). The van der Waals surface area contributed by atoms with Crippen molar-refractivity contribution < 1.29 is 22.7 Å². The third kappa shape index (κ3) is 2.98. The molecule has 0 spiro atoms. The van der Waals surface area contributed by atoms with Crippen LogP contribution in [0.2, 0.25) is 0 Å². The van der Waals surface area contributed by atoms with Gasteiger partial charge in [0.25, 0.3) is 10.0 Å². The van der Waals surface area contributed by atoms with Gasteiger partial charge in [0.05, 0.1) is 25.1 Å². The first-order valence-corrected chi connectivity index (χ1v) is 7.38. The summed E-state index contributed by atoms with van der Waals surface area (Å²) in [6, 6.07) is 3.42. The van der Waals surface area contributed by atoms with Gasteiger partial charge in [0.15, 0.2) is 0 Å². The number of hydrogen-bond donors (Lipinski definition) is 3. The smallest absolute Gasteiger partial charge is 0.265 e. The van der Waals surface area contributed by atoms with Gasteiger partial charge in [0, 0.05) is 6.07 Å². The molecule has 0 amide bonds. The van der Waals surface area contributed by atoms with Crippen molar-refractivity contribution in [3.63, 3.8) is 0 Å². The van der Waals surface area contributed by atoms with Gasteiger partial charge in [0.1, 0.15) is 22.2 Å². The molecule has 21 heavy (non-hydrogen) atoms. The number of H-pyrrole nitrogens is 1. The Bertz CT molecular complexity index is 758. The second-order valence-corrected chi connectivity index (χ2v) is 5.85. The number of halogens is 1. The number of anilines is 1. The molecule has 0 aliphatic carbocycles. The Balaban J connectivity index is 2.45. The summed E-state index contributed by atoms with van der Waals surface area (Å²) < 4.78 is 45.1. The van der Waals surface area contributed by atoms with Gasteiger partial charge >= 0.3 is 0 Å². The zero-order chi connectivity index (χ0) is 15.6. The lowest BCUT2D eigenvalue weighted by Crippen LogP contribution is -2.16. The molecule has 7 nitrogen and oxygen atoms in total. The molecule has 0 bridgehead atoms. The van der Waals surface area contributed by atoms with Crippen molar-refractivity contribution in [2.24, 2.45) is 0 Å². The maximum Gasteiger partial charge on any atom is 0.265 e. The molecule has 1 heterocycles. The predicted molar refractivity (Wildman–Crippen MR) is 73.0 cm³/mol. The maximum atomic E-state index is 13.1. The fourth-order valence-electron chi connectivity index (χ4n) is 1.88. The van der Waals surface area contributed by atoms with E-state index in [4.69, 9.17) is 9.84 Å². The van der Waals surface area contributed by atoms with Crippen molar-refractivity contribution in [2.75, 3.05) is 11.8 Å². The van der Waals surface area contributed by atoms with Crippen LogP contribution in [0.15, 0.2) is 23.1 Å². The van der Waals surface area contributed by atoms with Crippen LogP contribution < -0.4 is 9.46 Å². The monoisotopic (exact) mass is 315 g/mol. The number of aromatic nitrogens is 2. The number of aliphatic hydroxyl groups excluding tert-OH is 1. The number of aliphatic hydroxyl groups is 1. The number of hydrogen-bond acceptors (Lipinski definition) is 5. The summed E-state index contributed by atoms with van der Waals surface area (Å²) in [5.41, 5.74) is 0.372. The Labute approximate surface area is 120 Å². The Morgan fingerprint density at radius 1 is 1.48 bits per heavy atom. The van der Waals surface area contributed by atoms with Crippen LogP contribution in [0, 0.1) is 12.7 Å². The van der Waals surface area contributed by atoms with E-state index in [0.717, 1.165) is 12.1 Å². The van der Waals surface area contributed by atoms with Gasteiger partial charge in [-0.15, -0.1) is 0 Å². The average molecular weight is 315 g/mol. The second kappa shape index (κ2) is 5.70. The molecular weight excluding hydrogens is 301 g/mol. The van der Waals surface area contributed by atoms with E-state index in [9.17, 15) is 12.8 Å². The number of ether oxygens (including phenoxy) is 1. The van der Waals surface area contributed by atoms with Crippen molar-refractivity contribution in [3.05, 3.63) is 35.4 Å². The van der Waals surface area contributed by atoms with Crippen LogP contribution in [0.25, 0.3) is 0 Å². The van der Waals surface area contributed by atoms with Crippen molar-refractivity contribution in [1.29, 1.82) is 0 Å². The number of rotatable bonds is 5. The molecule has 0 aliphatic heterocycles. The van der Waals surface area contributed by atoms with Gasteiger partial charge in [0.2, 0.25) is 0 Å². The van der Waals surface area contributed by atoms with E-state index in [1.165, 1.54) is 20.1 Å². The van der Waals surface area contributed by atoms with Crippen LogP contribution in [0.5, 0.6) is 5.75 Å². The van der Waals surface area contributed by atoms with E-state index in [1.54, 1.807) is 0 Å². The molecule has 2 aromatic rings. The van der Waals surface area contributed by atoms with Crippen LogP contribution in [0.4, 0.5) is 10.1 Å². The minimum absolute atomic E-state index is 0.000999. The third-order valence-electron chi connectivity index (χ3n) is 2.79. The molecular formula is C12H14FN3O4S.